The largest absolute Gasteiger partial charge is 0.301 e. The third-order valence-electron chi connectivity index (χ3n) is 5.07. The maximum atomic E-state index is 13.2. The van der Waals surface area contributed by atoms with Crippen molar-refractivity contribution >= 4 is 55.4 Å². The standard InChI is InChI=1S/C19H11N7O8S/c1-9-12(8-20)18-21-14-7-11(35(32,33)34)3-5-15(14)24(18)19(27)17(9)23-22-13-4-2-10(25(28)29)6-16(13)26(30)31/h2-7,22H,1H3,(H,32,33,34). The zero-order valence-electron chi connectivity index (χ0n) is 17.4. The summed E-state index contributed by atoms with van der Waals surface area (Å²) in [6.45, 7) is 1.40. The average molecular weight is 497 g/mol. The molecule has 0 radical (unpaired) electrons. The van der Waals surface area contributed by atoms with E-state index in [1.807, 2.05) is 6.07 Å². The highest BCUT2D eigenvalue weighted by atomic mass is 32.2. The lowest BCUT2D eigenvalue weighted by atomic mass is 10.0. The van der Waals surface area contributed by atoms with Crippen molar-refractivity contribution in [2.45, 2.75) is 11.8 Å². The molecule has 1 aromatic heterocycles. The third-order valence-corrected chi connectivity index (χ3v) is 5.92. The number of hydrogen-bond donors (Lipinski definition) is 2. The summed E-state index contributed by atoms with van der Waals surface area (Å²) in [6, 6.07) is 7.98. The van der Waals surface area contributed by atoms with E-state index < -0.39 is 42.1 Å². The Labute approximate surface area is 194 Å². The zero-order valence-corrected chi connectivity index (χ0v) is 18.2. The molecular weight excluding hydrogens is 486 g/mol. The average Bonchev–Trinajstić information content (AvgIpc) is 3.17. The second-order valence-electron chi connectivity index (χ2n) is 7.10. The Kier molecular flexibility index (Phi) is 5.35. The Hall–Kier alpha value is -5.01. The molecule has 2 heterocycles. The molecule has 0 saturated carbocycles. The van der Waals surface area contributed by atoms with E-state index in [0.717, 1.165) is 34.9 Å². The molecule has 1 aliphatic heterocycles. The predicted octanol–water partition coefficient (Wildman–Crippen LogP) is 2.52. The highest BCUT2D eigenvalue weighted by Gasteiger charge is 2.33. The van der Waals surface area contributed by atoms with Crippen molar-refractivity contribution in [3.05, 3.63) is 68.0 Å². The molecule has 0 amide bonds. The number of nitrogens with one attached hydrogen (secondary N) is 1. The maximum absolute atomic E-state index is 13.2. The first-order valence-corrected chi connectivity index (χ1v) is 10.8. The van der Waals surface area contributed by atoms with Crippen LogP contribution in [0.2, 0.25) is 0 Å². The molecule has 2 aromatic carbocycles. The Morgan fingerprint density at radius 2 is 1.89 bits per heavy atom. The summed E-state index contributed by atoms with van der Waals surface area (Å²) in [7, 11) is -4.55. The molecule has 0 bridgehead atoms. The monoisotopic (exact) mass is 497 g/mol. The number of rotatable bonds is 5. The number of hydrogen-bond acceptors (Lipinski definition) is 11. The van der Waals surface area contributed by atoms with Gasteiger partial charge < -0.3 is 0 Å². The quantitative estimate of drug-likeness (QED) is 0.296. The van der Waals surface area contributed by atoms with E-state index in [0.29, 0.717) is 0 Å². The highest BCUT2D eigenvalue weighted by Crippen LogP contribution is 2.32. The molecular formula is C19H11N7O8S. The molecule has 35 heavy (non-hydrogen) atoms. The van der Waals surface area contributed by atoms with Gasteiger partial charge in [-0.05, 0) is 31.2 Å². The first-order valence-electron chi connectivity index (χ1n) is 9.37. The molecule has 4 rings (SSSR count). The number of benzene rings is 2. The Balaban J connectivity index is 1.84. The lowest BCUT2D eigenvalue weighted by Crippen LogP contribution is -2.30. The van der Waals surface area contributed by atoms with Crippen molar-refractivity contribution in [1.29, 1.82) is 5.26 Å². The number of carbonyl (C=O) groups is 1. The number of imidazole rings is 1. The second-order valence-corrected chi connectivity index (χ2v) is 8.52. The van der Waals surface area contributed by atoms with Crippen LogP contribution in [0, 0.1) is 31.6 Å². The molecule has 16 heteroatoms. The van der Waals surface area contributed by atoms with E-state index in [1.54, 1.807) is 0 Å². The van der Waals surface area contributed by atoms with Crippen LogP contribution in [0.1, 0.15) is 17.5 Å². The van der Waals surface area contributed by atoms with Crippen LogP contribution in [-0.2, 0) is 10.1 Å². The number of fused-ring (bicyclic) bond motifs is 3. The normalized spacial score (nSPS) is 14.7. The highest BCUT2D eigenvalue weighted by molar-refractivity contribution is 7.85. The minimum atomic E-state index is -4.55. The molecule has 0 saturated heterocycles. The van der Waals surface area contributed by atoms with Gasteiger partial charge in [-0.25, -0.2) is 4.98 Å². The van der Waals surface area contributed by atoms with E-state index in [9.17, 15) is 43.3 Å². The van der Waals surface area contributed by atoms with Crippen molar-refractivity contribution in [3.8, 4) is 6.07 Å². The SMILES string of the molecule is CC1=C(C#N)c2nc3cc(S(=O)(=O)O)ccc3n2C(=O)C1=NNc1ccc([N+](=O)[O-])cc1[N+](=O)[O-]. The van der Waals surface area contributed by atoms with Crippen LogP contribution in [0.5, 0.6) is 0 Å². The molecule has 0 unspecified atom stereocenters. The molecule has 2 N–H and O–H groups in total. The topological polar surface area (TPSA) is 224 Å². The molecule has 0 aliphatic carbocycles. The third kappa shape index (κ3) is 3.86. The fraction of sp³-hybridized carbons (Fsp3) is 0.0526. The van der Waals surface area contributed by atoms with E-state index in [2.05, 4.69) is 15.5 Å². The molecule has 176 valence electrons. The maximum Gasteiger partial charge on any atom is 0.301 e. The van der Waals surface area contributed by atoms with Crippen molar-refractivity contribution in [3.63, 3.8) is 0 Å². The van der Waals surface area contributed by atoms with E-state index in [-0.39, 0.29) is 39.4 Å². The lowest BCUT2D eigenvalue weighted by Gasteiger charge is -2.17. The number of hydrazone groups is 1. The van der Waals surface area contributed by atoms with Crippen LogP contribution in [0.15, 0.2) is 52.0 Å². The molecule has 1 aliphatic rings. The summed E-state index contributed by atoms with van der Waals surface area (Å²) in [5.41, 5.74) is 0.732. The van der Waals surface area contributed by atoms with Crippen LogP contribution in [0.25, 0.3) is 16.6 Å². The van der Waals surface area contributed by atoms with Gasteiger partial charge in [-0.15, -0.1) is 0 Å². The molecule has 15 nitrogen and oxygen atoms in total. The van der Waals surface area contributed by atoms with Crippen LogP contribution in [0.3, 0.4) is 0 Å². The van der Waals surface area contributed by atoms with Gasteiger partial charge in [0.15, 0.2) is 11.5 Å². The first-order chi connectivity index (χ1) is 16.4. The molecule has 0 spiro atoms. The number of nitrogens with zero attached hydrogens (tertiary/aromatic N) is 6. The lowest BCUT2D eigenvalue weighted by molar-refractivity contribution is -0.393. The smallest absolute Gasteiger partial charge is 0.282 e. The predicted molar refractivity (Wildman–Crippen MR) is 119 cm³/mol. The number of nitro groups is 2. The zero-order chi connectivity index (χ0) is 25.7. The number of anilines is 1. The number of carbonyl (C=O) groups excluding carboxylic acids is 1. The summed E-state index contributed by atoms with van der Waals surface area (Å²) >= 11 is 0. The fourth-order valence-corrected chi connectivity index (χ4v) is 3.91. The molecule has 0 fully saturated rings. The van der Waals surface area contributed by atoms with Crippen molar-refractivity contribution in [2.24, 2.45) is 5.10 Å². The van der Waals surface area contributed by atoms with E-state index in [4.69, 9.17) is 0 Å². The number of allylic oxidation sites excluding steroid dienone is 2. The van der Waals surface area contributed by atoms with Gasteiger partial charge in [0, 0.05) is 11.6 Å². The first kappa shape index (κ1) is 23.2. The van der Waals surface area contributed by atoms with Crippen molar-refractivity contribution in [1.82, 2.24) is 9.55 Å². The Bertz CT molecular complexity index is 1700. The summed E-state index contributed by atoms with van der Waals surface area (Å²) in [4.78, 5) is 37.5. The number of aromatic nitrogens is 2. The van der Waals surface area contributed by atoms with Gasteiger partial charge in [-0.2, -0.15) is 18.8 Å². The fourth-order valence-electron chi connectivity index (χ4n) is 3.41. The van der Waals surface area contributed by atoms with Gasteiger partial charge in [0.1, 0.15) is 17.3 Å². The summed E-state index contributed by atoms with van der Waals surface area (Å²) in [5, 5.41) is 35.9. The summed E-state index contributed by atoms with van der Waals surface area (Å²) < 4.78 is 33.2. The summed E-state index contributed by atoms with van der Waals surface area (Å²) in [6.07, 6.45) is 0. The molecule has 3 aromatic rings. The van der Waals surface area contributed by atoms with Crippen molar-refractivity contribution in [2.75, 3.05) is 5.43 Å². The van der Waals surface area contributed by atoms with Crippen LogP contribution in [-0.4, -0.2) is 44.0 Å². The van der Waals surface area contributed by atoms with Gasteiger partial charge >= 0.3 is 5.69 Å². The summed E-state index contributed by atoms with van der Waals surface area (Å²) in [5.74, 6) is -0.867. The van der Waals surface area contributed by atoms with Gasteiger partial charge in [0.05, 0.1) is 31.8 Å². The van der Waals surface area contributed by atoms with Gasteiger partial charge in [-0.1, -0.05) is 0 Å². The van der Waals surface area contributed by atoms with Gasteiger partial charge in [-0.3, -0.25) is 39.6 Å². The molecule has 0 atom stereocenters. The number of nitriles is 1. The number of nitro benzene ring substituents is 2. The van der Waals surface area contributed by atoms with Gasteiger partial charge in [0.25, 0.3) is 21.7 Å². The van der Waals surface area contributed by atoms with Gasteiger partial charge in [0.2, 0.25) is 0 Å². The Morgan fingerprint density at radius 1 is 1.17 bits per heavy atom. The number of non-ortho nitro benzene ring substituents is 1. The second kappa shape index (κ2) is 8.09. The van der Waals surface area contributed by atoms with E-state index in [1.165, 1.54) is 13.0 Å². The Morgan fingerprint density at radius 3 is 2.49 bits per heavy atom. The van der Waals surface area contributed by atoms with E-state index >= 15 is 0 Å². The van der Waals surface area contributed by atoms with Crippen molar-refractivity contribution < 1.29 is 27.6 Å². The van der Waals surface area contributed by atoms with Crippen LogP contribution >= 0.6 is 0 Å². The van der Waals surface area contributed by atoms with Crippen LogP contribution < -0.4 is 5.43 Å². The minimum Gasteiger partial charge on any atom is -0.282 e. The van der Waals surface area contributed by atoms with Crippen LogP contribution in [0.4, 0.5) is 17.1 Å². The minimum absolute atomic E-state index is 0.00393.